The van der Waals surface area contributed by atoms with Crippen molar-refractivity contribution in [1.82, 2.24) is 9.88 Å². The summed E-state index contributed by atoms with van der Waals surface area (Å²) in [6, 6.07) is 16.9. The number of aryl methyl sites for hydroxylation is 2. The van der Waals surface area contributed by atoms with E-state index in [0.717, 1.165) is 22.3 Å². The molecular formula is C25H25N3O3. The third-order valence-corrected chi connectivity index (χ3v) is 4.79. The Morgan fingerprint density at radius 2 is 1.77 bits per heavy atom. The first kappa shape index (κ1) is 20.6. The summed E-state index contributed by atoms with van der Waals surface area (Å²) in [7, 11) is 3.95. The van der Waals surface area contributed by atoms with Crippen LogP contribution in [0.5, 0.6) is 11.5 Å². The minimum Gasteiger partial charge on any atom is -0.460 e. The van der Waals surface area contributed by atoms with Gasteiger partial charge in [0.15, 0.2) is 0 Å². The zero-order valence-corrected chi connectivity index (χ0v) is 18.1. The molecule has 158 valence electrons. The number of aromatic nitrogens is 1. The summed E-state index contributed by atoms with van der Waals surface area (Å²) in [6.45, 7) is 4.62. The van der Waals surface area contributed by atoms with E-state index < -0.39 is 0 Å². The number of hydrogen-bond acceptors (Lipinski definition) is 5. The van der Waals surface area contributed by atoms with E-state index in [4.69, 9.17) is 9.15 Å². The van der Waals surface area contributed by atoms with Gasteiger partial charge in [0.25, 0.3) is 5.91 Å². The second kappa shape index (κ2) is 8.62. The maximum Gasteiger partial charge on any atom is 0.257 e. The summed E-state index contributed by atoms with van der Waals surface area (Å²) in [6.07, 6.45) is 1.71. The molecule has 4 aromatic rings. The van der Waals surface area contributed by atoms with Crippen molar-refractivity contribution >= 4 is 22.7 Å². The highest BCUT2D eigenvalue weighted by atomic mass is 16.5. The summed E-state index contributed by atoms with van der Waals surface area (Å²) in [5.74, 6) is 2.27. The van der Waals surface area contributed by atoms with Crippen molar-refractivity contribution < 1.29 is 13.9 Å². The van der Waals surface area contributed by atoms with Crippen molar-refractivity contribution in [3.8, 4) is 11.5 Å². The largest absolute Gasteiger partial charge is 0.460 e. The first-order valence-electron chi connectivity index (χ1n) is 10.1. The minimum absolute atomic E-state index is 0.280. The van der Waals surface area contributed by atoms with Crippen LogP contribution in [0.4, 0.5) is 5.82 Å². The van der Waals surface area contributed by atoms with E-state index in [9.17, 15) is 4.79 Å². The van der Waals surface area contributed by atoms with Gasteiger partial charge in [0.2, 0.25) is 0 Å². The number of nitrogens with one attached hydrogen (secondary N) is 1. The van der Waals surface area contributed by atoms with Crippen LogP contribution in [0.3, 0.4) is 0 Å². The number of ether oxygens (including phenoxy) is 1. The van der Waals surface area contributed by atoms with Crippen molar-refractivity contribution in [2.75, 3.05) is 19.4 Å². The Kier molecular flexibility index (Phi) is 5.73. The summed E-state index contributed by atoms with van der Waals surface area (Å²) >= 11 is 0. The number of amides is 1. The molecule has 1 N–H and O–H groups in total. The molecule has 0 fully saturated rings. The van der Waals surface area contributed by atoms with Crippen LogP contribution in [0.15, 0.2) is 65.2 Å². The van der Waals surface area contributed by atoms with Crippen molar-refractivity contribution in [3.63, 3.8) is 0 Å². The van der Waals surface area contributed by atoms with Gasteiger partial charge in [0.1, 0.15) is 28.7 Å². The molecule has 0 atom stereocenters. The lowest BCUT2D eigenvalue weighted by atomic mass is 10.1. The third kappa shape index (κ3) is 4.92. The molecule has 0 aliphatic heterocycles. The first-order valence-corrected chi connectivity index (χ1v) is 10.1. The molecule has 2 aromatic heterocycles. The molecular weight excluding hydrogens is 390 g/mol. The number of carbonyl (C=O) groups is 1. The fourth-order valence-electron chi connectivity index (χ4n) is 3.23. The highest BCUT2D eigenvalue weighted by Gasteiger charge is 2.17. The average Bonchev–Trinajstić information content (AvgIpc) is 3.13. The van der Waals surface area contributed by atoms with Crippen LogP contribution in [-0.4, -0.2) is 29.9 Å². The maximum atomic E-state index is 12.9. The maximum absolute atomic E-state index is 12.9. The number of anilines is 1. The Morgan fingerprint density at radius 1 is 1.03 bits per heavy atom. The molecule has 2 heterocycles. The Bertz CT molecular complexity index is 1210. The van der Waals surface area contributed by atoms with Gasteiger partial charge in [0, 0.05) is 11.8 Å². The highest BCUT2D eigenvalue weighted by molar-refractivity contribution is 6.06. The van der Waals surface area contributed by atoms with Crippen LogP contribution in [0, 0.1) is 13.8 Å². The zero-order valence-electron chi connectivity index (χ0n) is 18.1. The number of nitrogens with zero attached hydrogens (tertiary/aromatic N) is 2. The van der Waals surface area contributed by atoms with Gasteiger partial charge >= 0.3 is 0 Å². The lowest BCUT2D eigenvalue weighted by molar-refractivity contribution is 0.102. The fourth-order valence-corrected chi connectivity index (χ4v) is 3.23. The molecule has 0 unspecified atom stereocenters. The van der Waals surface area contributed by atoms with Crippen molar-refractivity contribution in [2.45, 2.75) is 20.4 Å². The molecule has 0 spiro atoms. The molecule has 6 nitrogen and oxygen atoms in total. The molecule has 0 saturated heterocycles. The number of rotatable bonds is 6. The standard InChI is InChI=1S/C25H25N3O3/c1-16-5-8-19(9-6-16)30-22-11-18(25(29)27-24-10-7-17(2)14-26-24)12-23-21(22)13-20(31-23)15-28(3)4/h5-14H,15H2,1-4H3,(H,26,27,29). The number of benzene rings is 2. The van der Waals surface area contributed by atoms with Gasteiger partial charge in [-0.05, 0) is 69.9 Å². The number of hydrogen-bond donors (Lipinski definition) is 1. The highest BCUT2D eigenvalue weighted by Crippen LogP contribution is 2.34. The molecule has 0 bridgehead atoms. The van der Waals surface area contributed by atoms with Gasteiger partial charge in [-0.3, -0.25) is 4.79 Å². The Morgan fingerprint density at radius 3 is 2.45 bits per heavy atom. The zero-order chi connectivity index (χ0) is 22.0. The van der Waals surface area contributed by atoms with Crippen LogP contribution < -0.4 is 10.1 Å². The number of furan rings is 1. The van der Waals surface area contributed by atoms with Gasteiger partial charge in [-0.15, -0.1) is 0 Å². The van der Waals surface area contributed by atoms with E-state index in [0.29, 0.717) is 35.0 Å². The van der Waals surface area contributed by atoms with Gasteiger partial charge in [0.05, 0.1) is 11.9 Å². The normalized spacial score (nSPS) is 11.1. The van der Waals surface area contributed by atoms with E-state index in [2.05, 4.69) is 10.3 Å². The van der Waals surface area contributed by atoms with Crippen LogP contribution in [0.2, 0.25) is 0 Å². The van der Waals surface area contributed by atoms with Crippen molar-refractivity contribution in [1.29, 1.82) is 0 Å². The second-order valence-electron chi connectivity index (χ2n) is 7.93. The lowest BCUT2D eigenvalue weighted by Crippen LogP contribution is -2.13. The van der Waals surface area contributed by atoms with Crippen LogP contribution in [0.25, 0.3) is 11.0 Å². The van der Waals surface area contributed by atoms with Gasteiger partial charge in [-0.1, -0.05) is 23.8 Å². The van der Waals surface area contributed by atoms with Crippen LogP contribution in [-0.2, 0) is 6.54 Å². The Labute approximate surface area is 181 Å². The number of fused-ring (bicyclic) bond motifs is 1. The van der Waals surface area contributed by atoms with E-state index in [1.54, 1.807) is 24.4 Å². The van der Waals surface area contributed by atoms with Crippen LogP contribution in [0.1, 0.15) is 27.2 Å². The summed E-state index contributed by atoms with van der Waals surface area (Å²) in [4.78, 5) is 19.2. The fraction of sp³-hybridized carbons (Fsp3) is 0.200. The van der Waals surface area contributed by atoms with E-state index in [-0.39, 0.29) is 5.91 Å². The smallest absolute Gasteiger partial charge is 0.257 e. The third-order valence-electron chi connectivity index (χ3n) is 4.79. The lowest BCUT2D eigenvalue weighted by Gasteiger charge is -2.10. The number of pyridine rings is 1. The molecule has 0 radical (unpaired) electrons. The summed E-state index contributed by atoms with van der Waals surface area (Å²) in [5.41, 5.74) is 3.20. The average molecular weight is 415 g/mol. The molecule has 0 saturated carbocycles. The first-order chi connectivity index (χ1) is 14.9. The predicted octanol–water partition coefficient (Wildman–Crippen LogP) is 5.55. The minimum atomic E-state index is -0.280. The predicted molar refractivity (Wildman–Crippen MR) is 122 cm³/mol. The quantitative estimate of drug-likeness (QED) is 0.447. The Balaban J connectivity index is 1.71. The van der Waals surface area contributed by atoms with E-state index >= 15 is 0 Å². The topological polar surface area (TPSA) is 67.6 Å². The summed E-state index contributed by atoms with van der Waals surface area (Å²) in [5, 5.41) is 3.65. The molecule has 1 amide bonds. The molecule has 0 aliphatic carbocycles. The second-order valence-corrected chi connectivity index (χ2v) is 7.93. The van der Waals surface area contributed by atoms with Gasteiger partial charge < -0.3 is 19.4 Å². The summed E-state index contributed by atoms with van der Waals surface area (Å²) < 4.78 is 12.2. The molecule has 4 rings (SSSR count). The van der Waals surface area contributed by atoms with Gasteiger partial charge in [-0.25, -0.2) is 4.98 Å². The monoisotopic (exact) mass is 415 g/mol. The Hall–Kier alpha value is -3.64. The van der Waals surface area contributed by atoms with Crippen LogP contribution >= 0.6 is 0 Å². The number of carbonyl (C=O) groups excluding carboxylic acids is 1. The van der Waals surface area contributed by atoms with E-state index in [1.165, 1.54) is 0 Å². The molecule has 0 aliphatic rings. The molecule has 6 heteroatoms. The van der Waals surface area contributed by atoms with Gasteiger partial charge in [-0.2, -0.15) is 0 Å². The van der Waals surface area contributed by atoms with E-state index in [1.807, 2.05) is 69.2 Å². The SMILES string of the molecule is Cc1ccc(Oc2cc(C(=O)Nc3ccc(C)cn3)cc3oc(CN(C)C)cc23)cc1. The molecule has 2 aromatic carbocycles. The van der Waals surface area contributed by atoms with Crippen molar-refractivity contribution in [2.24, 2.45) is 0 Å². The van der Waals surface area contributed by atoms with Crippen molar-refractivity contribution in [3.05, 3.63) is 83.2 Å². The molecule has 31 heavy (non-hydrogen) atoms.